The topological polar surface area (TPSA) is 12.5 Å². The molecule has 64 valence electrons. The monoisotopic (exact) mass is 154 g/mol. The molecule has 1 fully saturated rings. The normalized spacial score (nSPS) is 21.7. The van der Waals surface area contributed by atoms with E-state index in [1.807, 2.05) is 0 Å². The summed E-state index contributed by atoms with van der Waals surface area (Å²) >= 11 is 0. The third-order valence-corrected chi connectivity index (χ3v) is 2.14. The van der Waals surface area contributed by atoms with E-state index in [-0.39, 0.29) is 0 Å². The van der Waals surface area contributed by atoms with Crippen molar-refractivity contribution in [3.63, 3.8) is 0 Å². The number of ether oxygens (including phenoxy) is 1. The molecule has 0 spiro atoms. The Balaban J connectivity index is 1.89. The first-order chi connectivity index (χ1) is 5.34. The number of unbranched alkanes of at least 4 members (excludes halogenated alkanes) is 3. The third kappa shape index (κ3) is 3.57. The van der Waals surface area contributed by atoms with Gasteiger partial charge in [0.25, 0.3) is 0 Å². The summed E-state index contributed by atoms with van der Waals surface area (Å²) in [5.41, 5.74) is 1.31. The zero-order valence-electron chi connectivity index (χ0n) is 7.44. The van der Waals surface area contributed by atoms with E-state index in [4.69, 9.17) is 4.74 Å². The molecule has 1 saturated heterocycles. The van der Waals surface area contributed by atoms with Gasteiger partial charge < -0.3 is 4.74 Å². The van der Waals surface area contributed by atoms with Gasteiger partial charge in [0, 0.05) is 0 Å². The molecular weight excluding hydrogens is 136 g/mol. The van der Waals surface area contributed by atoms with Crippen LogP contribution < -0.4 is 0 Å². The van der Waals surface area contributed by atoms with Crippen LogP contribution in [0.4, 0.5) is 0 Å². The highest BCUT2D eigenvalue weighted by atomic mass is 16.6. The van der Waals surface area contributed by atoms with Crippen molar-refractivity contribution >= 4 is 0 Å². The van der Waals surface area contributed by atoms with E-state index < -0.39 is 0 Å². The molecule has 1 atom stereocenters. The summed E-state index contributed by atoms with van der Waals surface area (Å²) in [6, 6.07) is 0. The van der Waals surface area contributed by atoms with Crippen molar-refractivity contribution in [2.45, 2.75) is 45.1 Å². The van der Waals surface area contributed by atoms with Gasteiger partial charge in [-0.3, -0.25) is 0 Å². The SMILES string of the molecule is C=C(CCCCCC)C1CO1. The van der Waals surface area contributed by atoms with Crippen LogP contribution in [0.15, 0.2) is 12.2 Å². The Hall–Kier alpha value is -0.300. The van der Waals surface area contributed by atoms with Gasteiger partial charge in [-0.2, -0.15) is 0 Å². The van der Waals surface area contributed by atoms with E-state index in [0.29, 0.717) is 6.10 Å². The molecule has 1 heterocycles. The molecule has 0 radical (unpaired) electrons. The van der Waals surface area contributed by atoms with Crippen LogP contribution in [0.25, 0.3) is 0 Å². The van der Waals surface area contributed by atoms with Gasteiger partial charge in [0.1, 0.15) is 6.10 Å². The lowest BCUT2D eigenvalue weighted by Gasteiger charge is -2.00. The molecule has 1 nitrogen and oxygen atoms in total. The largest absolute Gasteiger partial charge is 0.368 e. The Kier molecular flexibility index (Phi) is 3.64. The van der Waals surface area contributed by atoms with Gasteiger partial charge in [0.15, 0.2) is 0 Å². The molecule has 0 aromatic heterocycles. The molecule has 1 aliphatic heterocycles. The fourth-order valence-electron chi connectivity index (χ4n) is 1.22. The van der Waals surface area contributed by atoms with E-state index in [0.717, 1.165) is 6.61 Å². The van der Waals surface area contributed by atoms with Crippen LogP contribution in [-0.2, 0) is 4.74 Å². The van der Waals surface area contributed by atoms with E-state index in [1.54, 1.807) is 0 Å². The van der Waals surface area contributed by atoms with Crippen LogP contribution in [0, 0.1) is 0 Å². The average Bonchev–Trinajstić information content (AvgIpc) is 2.79. The highest BCUT2D eigenvalue weighted by molar-refractivity contribution is 5.07. The lowest BCUT2D eigenvalue weighted by molar-refractivity contribution is 0.426. The summed E-state index contributed by atoms with van der Waals surface area (Å²) in [6.07, 6.45) is 6.92. The molecule has 0 N–H and O–H groups in total. The predicted octanol–water partition coefficient (Wildman–Crippen LogP) is 2.91. The van der Waals surface area contributed by atoms with E-state index in [9.17, 15) is 0 Å². The molecule has 0 aliphatic carbocycles. The Labute approximate surface area is 69.4 Å². The van der Waals surface area contributed by atoms with Crippen molar-refractivity contribution in [1.82, 2.24) is 0 Å². The zero-order valence-corrected chi connectivity index (χ0v) is 7.44. The number of rotatable bonds is 6. The number of epoxide rings is 1. The van der Waals surface area contributed by atoms with Crippen molar-refractivity contribution in [3.05, 3.63) is 12.2 Å². The molecule has 1 unspecified atom stereocenters. The number of hydrogen-bond acceptors (Lipinski definition) is 1. The molecule has 11 heavy (non-hydrogen) atoms. The summed E-state index contributed by atoms with van der Waals surface area (Å²) in [7, 11) is 0. The molecule has 0 saturated carbocycles. The molecule has 0 amide bonds. The quantitative estimate of drug-likeness (QED) is 0.325. The van der Waals surface area contributed by atoms with Crippen molar-refractivity contribution in [2.24, 2.45) is 0 Å². The second kappa shape index (κ2) is 4.55. The van der Waals surface area contributed by atoms with Crippen molar-refractivity contribution < 1.29 is 4.74 Å². The Bertz CT molecular complexity index is 125. The van der Waals surface area contributed by atoms with Gasteiger partial charge in [0.05, 0.1) is 6.61 Å². The minimum Gasteiger partial charge on any atom is -0.368 e. The minimum atomic E-state index is 0.427. The maximum atomic E-state index is 5.13. The van der Waals surface area contributed by atoms with E-state index in [1.165, 1.54) is 37.7 Å². The molecule has 0 bridgehead atoms. The van der Waals surface area contributed by atoms with Crippen LogP contribution >= 0.6 is 0 Å². The molecule has 1 rings (SSSR count). The first kappa shape index (κ1) is 8.79. The van der Waals surface area contributed by atoms with Crippen LogP contribution in [0.5, 0.6) is 0 Å². The van der Waals surface area contributed by atoms with Crippen LogP contribution in [0.1, 0.15) is 39.0 Å². The Morgan fingerprint density at radius 1 is 1.45 bits per heavy atom. The molecule has 0 aromatic carbocycles. The number of hydrogen-bond donors (Lipinski definition) is 0. The first-order valence-electron chi connectivity index (χ1n) is 4.64. The summed E-state index contributed by atoms with van der Waals surface area (Å²) in [5.74, 6) is 0. The maximum absolute atomic E-state index is 5.13. The third-order valence-electron chi connectivity index (χ3n) is 2.14. The van der Waals surface area contributed by atoms with Gasteiger partial charge >= 0.3 is 0 Å². The Morgan fingerprint density at radius 3 is 2.73 bits per heavy atom. The fourth-order valence-corrected chi connectivity index (χ4v) is 1.22. The van der Waals surface area contributed by atoms with Crippen molar-refractivity contribution in [2.75, 3.05) is 6.61 Å². The minimum absolute atomic E-state index is 0.427. The molecule has 1 aliphatic rings. The summed E-state index contributed by atoms with van der Waals surface area (Å²) in [4.78, 5) is 0. The molecular formula is C10H18O. The average molecular weight is 154 g/mol. The molecule has 1 heteroatoms. The van der Waals surface area contributed by atoms with Gasteiger partial charge in [-0.15, -0.1) is 0 Å². The van der Waals surface area contributed by atoms with Gasteiger partial charge in [0.2, 0.25) is 0 Å². The van der Waals surface area contributed by atoms with E-state index >= 15 is 0 Å². The highest BCUT2D eigenvalue weighted by Crippen LogP contribution is 2.22. The van der Waals surface area contributed by atoms with Gasteiger partial charge in [-0.25, -0.2) is 0 Å². The second-order valence-corrected chi connectivity index (χ2v) is 3.29. The van der Waals surface area contributed by atoms with Crippen molar-refractivity contribution in [3.8, 4) is 0 Å². The van der Waals surface area contributed by atoms with Crippen molar-refractivity contribution in [1.29, 1.82) is 0 Å². The zero-order chi connectivity index (χ0) is 8.10. The van der Waals surface area contributed by atoms with Crippen LogP contribution in [0.3, 0.4) is 0 Å². The standard InChI is InChI=1S/C10H18O/c1-3-4-5-6-7-9(2)10-8-11-10/h10H,2-8H2,1H3. The van der Waals surface area contributed by atoms with Gasteiger partial charge in [-0.1, -0.05) is 32.8 Å². The highest BCUT2D eigenvalue weighted by Gasteiger charge is 2.24. The summed E-state index contributed by atoms with van der Waals surface area (Å²) in [5, 5.41) is 0. The molecule has 0 aromatic rings. The Morgan fingerprint density at radius 2 is 2.18 bits per heavy atom. The van der Waals surface area contributed by atoms with E-state index in [2.05, 4.69) is 13.5 Å². The van der Waals surface area contributed by atoms with Crippen LogP contribution in [-0.4, -0.2) is 12.7 Å². The first-order valence-corrected chi connectivity index (χ1v) is 4.64. The summed E-state index contributed by atoms with van der Waals surface area (Å²) < 4.78 is 5.13. The lowest BCUT2D eigenvalue weighted by atomic mass is 10.1. The second-order valence-electron chi connectivity index (χ2n) is 3.29. The predicted molar refractivity (Wildman–Crippen MR) is 47.6 cm³/mol. The smallest absolute Gasteiger partial charge is 0.102 e. The van der Waals surface area contributed by atoms with Gasteiger partial charge in [-0.05, 0) is 18.4 Å². The fraction of sp³-hybridized carbons (Fsp3) is 0.800. The summed E-state index contributed by atoms with van der Waals surface area (Å²) in [6.45, 7) is 7.15. The maximum Gasteiger partial charge on any atom is 0.102 e. The van der Waals surface area contributed by atoms with Crippen LogP contribution in [0.2, 0.25) is 0 Å². The lowest BCUT2D eigenvalue weighted by Crippen LogP contribution is -1.90.